The lowest BCUT2D eigenvalue weighted by Crippen LogP contribution is -2.47. The maximum absolute atomic E-state index is 12.8. The molecule has 0 radical (unpaired) electrons. The van der Waals surface area contributed by atoms with Gasteiger partial charge in [0.1, 0.15) is 5.82 Å². The minimum Gasteiger partial charge on any atom is -0.391 e. The van der Waals surface area contributed by atoms with Crippen LogP contribution in [0.2, 0.25) is 0 Å². The Bertz CT molecular complexity index is 474. The zero-order valence-electron chi connectivity index (χ0n) is 12.3. The Hall–Kier alpha value is -1.15. The zero-order chi connectivity index (χ0) is 15.6. The standard InChI is InChI=1S/C13H21F3N4O/c1-3-5-10(21)9(4-2)19-6-7-20-11(8-19)17-18-12(20)13(14,15)16/h9-10,21H,3-8H2,1-2H3. The first kappa shape index (κ1) is 16.2. The molecule has 0 bridgehead atoms. The van der Waals surface area contributed by atoms with Gasteiger partial charge in [0.05, 0.1) is 12.6 Å². The first-order chi connectivity index (χ1) is 9.88. The normalized spacial score (nSPS) is 19.3. The highest BCUT2D eigenvalue weighted by Crippen LogP contribution is 2.30. The summed E-state index contributed by atoms with van der Waals surface area (Å²) in [5, 5.41) is 17.1. The number of hydrogen-bond acceptors (Lipinski definition) is 4. The average Bonchev–Trinajstić information content (AvgIpc) is 2.82. The van der Waals surface area contributed by atoms with Crippen LogP contribution in [0, 0.1) is 0 Å². The monoisotopic (exact) mass is 306 g/mol. The fourth-order valence-electron chi connectivity index (χ4n) is 2.93. The van der Waals surface area contributed by atoms with Gasteiger partial charge in [0.2, 0.25) is 5.82 Å². The van der Waals surface area contributed by atoms with Gasteiger partial charge in [0.25, 0.3) is 0 Å². The van der Waals surface area contributed by atoms with E-state index in [-0.39, 0.29) is 12.6 Å². The lowest BCUT2D eigenvalue weighted by Gasteiger charge is -2.36. The molecule has 21 heavy (non-hydrogen) atoms. The van der Waals surface area contributed by atoms with Gasteiger partial charge in [-0.2, -0.15) is 13.2 Å². The Kier molecular flexibility index (Phi) is 4.88. The van der Waals surface area contributed by atoms with Crippen molar-refractivity contribution in [2.45, 2.75) is 64.5 Å². The average molecular weight is 306 g/mol. The van der Waals surface area contributed by atoms with E-state index >= 15 is 0 Å². The number of hydrogen-bond donors (Lipinski definition) is 1. The van der Waals surface area contributed by atoms with E-state index in [1.54, 1.807) is 0 Å². The van der Waals surface area contributed by atoms with E-state index in [9.17, 15) is 18.3 Å². The van der Waals surface area contributed by atoms with Gasteiger partial charge in [0, 0.05) is 19.1 Å². The summed E-state index contributed by atoms with van der Waals surface area (Å²) in [4.78, 5) is 2.00. The van der Waals surface area contributed by atoms with Crippen molar-refractivity contribution in [1.82, 2.24) is 19.7 Å². The second-order valence-corrected chi connectivity index (χ2v) is 5.39. The van der Waals surface area contributed by atoms with E-state index < -0.39 is 18.1 Å². The third-order valence-electron chi connectivity index (χ3n) is 3.95. The molecule has 0 amide bonds. The first-order valence-electron chi connectivity index (χ1n) is 7.29. The lowest BCUT2D eigenvalue weighted by atomic mass is 10.0. The van der Waals surface area contributed by atoms with E-state index in [1.165, 1.54) is 0 Å². The Labute approximate surface area is 121 Å². The second-order valence-electron chi connectivity index (χ2n) is 5.39. The van der Waals surface area contributed by atoms with Crippen LogP contribution in [-0.2, 0) is 19.3 Å². The van der Waals surface area contributed by atoms with E-state index in [0.717, 1.165) is 17.4 Å². The lowest BCUT2D eigenvalue weighted by molar-refractivity contribution is -0.148. The molecule has 2 atom stereocenters. The summed E-state index contributed by atoms with van der Waals surface area (Å²) >= 11 is 0. The summed E-state index contributed by atoms with van der Waals surface area (Å²) in [5.74, 6) is -0.616. The van der Waals surface area contributed by atoms with E-state index in [1.807, 2.05) is 18.7 Å². The molecule has 0 aromatic carbocycles. The fourth-order valence-corrected chi connectivity index (χ4v) is 2.93. The van der Waals surface area contributed by atoms with Gasteiger partial charge in [-0.3, -0.25) is 4.90 Å². The van der Waals surface area contributed by atoms with Crippen molar-refractivity contribution in [3.8, 4) is 0 Å². The predicted octanol–water partition coefficient (Wildman–Crippen LogP) is 2.05. The number of aliphatic hydroxyl groups excluding tert-OH is 1. The van der Waals surface area contributed by atoms with Gasteiger partial charge in [-0.1, -0.05) is 20.3 Å². The SMILES string of the molecule is CCCC(O)C(CC)N1CCn2c(nnc2C(F)(F)F)C1. The minimum atomic E-state index is -4.47. The van der Waals surface area contributed by atoms with E-state index in [4.69, 9.17) is 0 Å². The number of halogens is 3. The predicted molar refractivity (Wildman–Crippen MR) is 70.4 cm³/mol. The van der Waals surface area contributed by atoms with Crippen LogP contribution < -0.4 is 0 Å². The quantitative estimate of drug-likeness (QED) is 0.904. The number of aliphatic hydroxyl groups is 1. The van der Waals surface area contributed by atoms with Crippen LogP contribution >= 0.6 is 0 Å². The Morgan fingerprint density at radius 3 is 2.52 bits per heavy atom. The molecular weight excluding hydrogens is 285 g/mol. The summed E-state index contributed by atoms with van der Waals surface area (Å²) in [6, 6.07) is -0.0512. The minimum absolute atomic E-state index is 0.0512. The number of aromatic nitrogens is 3. The van der Waals surface area contributed by atoms with Crippen molar-refractivity contribution < 1.29 is 18.3 Å². The van der Waals surface area contributed by atoms with Gasteiger partial charge < -0.3 is 9.67 Å². The zero-order valence-corrected chi connectivity index (χ0v) is 12.3. The largest absolute Gasteiger partial charge is 0.451 e. The van der Waals surface area contributed by atoms with E-state index in [0.29, 0.717) is 25.3 Å². The molecule has 0 spiro atoms. The molecule has 8 heteroatoms. The van der Waals surface area contributed by atoms with Gasteiger partial charge in [0.15, 0.2) is 0 Å². The van der Waals surface area contributed by atoms with Crippen molar-refractivity contribution in [2.75, 3.05) is 6.54 Å². The van der Waals surface area contributed by atoms with Gasteiger partial charge in [-0.05, 0) is 12.8 Å². The first-order valence-corrected chi connectivity index (χ1v) is 7.29. The molecule has 2 rings (SSSR count). The summed E-state index contributed by atoms with van der Waals surface area (Å²) in [6.07, 6.45) is -2.62. The van der Waals surface area contributed by atoms with Crippen LogP contribution in [0.1, 0.15) is 44.8 Å². The Morgan fingerprint density at radius 1 is 1.24 bits per heavy atom. The van der Waals surface area contributed by atoms with Crippen LogP contribution in [-0.4, -0.2) is 43.5 Å². The van der Waals surface area contributed by atoms with Crippen molar-refractivity contribution in [1.29, 1.82) is 0 Å². The maximum atomic E-state index is 12.8. The highest BCUT2D eigenvalue weighted by atomic mass is 19.4. The van der Waals surface area contributed by atoms with Crippen LogP contribution in [0.5, 0.6) is 0 Å². The van der Waals surface area contributed by atoms with Crippen molar-refractivity contribution in [3.05, 3.63) is 11.6 Å². The van der Waals surface area contributed by atoms with E-state index in [2.05, 4.69) is 10.2 Å². The van der Waals surface area contributed by atoms with Gasteiger partial charge >= 0.3 is 6.18 Å². The summed E-state index contributed by atoms with van der Waals surface area (Å²) in [5.41, 5.74) is 0. The Balaban J connectivity index is 2.14. The van der Waals surface area contributed by atoms with Gasteiger partial charge in [-0.25, -0.2) is 0 Å². The Morgan fingerprint density at radius 2 is 1.95 bits per heavy atom. The van der Waals surface area contributed by atoms with Crippen LogP contribution in [0.15, 0.2) is 0 Å². The molecule has 0 fully saturated rings. The molecule has 120 valence electrons. The van der Waals surface area contributed by atoms with Crippen molar-refractivity contribution in [3.63, 3.8) is 0 Å². The number of alkyl halides is 3. The molecule has 1 aromatic rings. The van der Waals surface area contributed by atoms with Crippen LogP contribution in [0.4, 0.5) is 13.2 Å². The fraction of sp³-hybridized carbons (Fsp3) is 0.846. The third kappa shape index (κ3) is 3.37. The van der Waals surface area contributed by atoms with Crippen molar-refractivity contribution >= 4 is 0 Å². The van der Waals surface area contributed by atoms with Crippen molar-refractivity contribution in [2.24, 2.45) is 0 Å². The van der Waals surface area contributed by atoms with Crippen LogP contribution in [0.3, 0.4) is 0 Å². The molecule has 1 aliphatic rings. The molecule has 1 aliphatic heterocycles. The molecule has 0 saturated carbocycles. The third-order valence-corrected chi connectivity index (χ3v) is 3.95. The number of rotatable bonds is 5. The second kappa shape index (κ2) is 6.31. The number of fused-ring (bicyclic) bond motifs is 1. The van der Waals surface area contributed by atoms with Crippen LogP contribution in [0.25, 0.3) is 0 Å². The topological polar surface area (TPSA) is 54.2 Å². The maximum Gasteiger partial charge on any atom is 0.451 e. The molecule has 2 unspecified atom stereocenters. The molecule has 1 N–H and O–H groups in total. The highest BCUT2D eigenvalue weighted by Gasteiger charge is 2.40. The summed E-state index contributed by atoms with van der Waals surface area (Å²) in [6.45, 7) is 4.94. The highest BCUT2D eigenvalue weighted by molar-refractivity contribution is 5.03. The molecule has 0 aliphatic carbocycles. The number of nitrogens with zero attached hydrogens (tertiary/aromatic N) is 4. The summed E-state index contributed by atoms with van der Waals surface area (Å²) in [7, 11) is 0. The molecular formula is C13H21F3N4O. The molecule has 2 heterocycles. The molecule has 5 nitrogen and oxygen atoms in total. The molecule has 0 saturated heterocycles. The van der Waals surface area contributed by atoms with Gasteiger partial charge in [-0.15, -0.1) is 10.2 Å². The smallest absolute Gasteiger partial charge is 0.391 e. The summed E-state index contributed by atoms with van der Waals surface area (Å²) < 4.78 is 39.5. The molecule has 1 aromatic heterocycles.